The Bertz CT molecular complexity index is 1150. The van der Waals surface area contributed by atoms with Crippen LogP contribution >= 0.6 is 11.6 Å². The molecule has 0 radical (unpaired) electrons. The summed E-state index contributed by atoms with van der Waals surface area (Å²) in [6.45, 7) is 7.45. The first kappa shape index (κ1) is 19.9. The molecule has 2 aromatic heterocycles. The molecule has 0 unspecified atom stereocenters. The van der Waals surface area contributed by atoms with Crippen molar-refractivity contribution in [3.05, 3.63) is 53.1 Å². The van der Waals surface area contributed by atoms with Crippen molar-refractivity contribution < 1.29 is 13.6 Å². The molecule has 3 N–H and O–H groups in total. The van der Waals surface area contributed by atoms with E-state index in [4.69, 9.17) is 18.2 Å². The predicted octanol–water partition coefficient (Wildman–Crippen LogP) is 5.65. The molecule has 3 aromatic rings. The fraction of sp³-hybridized carbons (Fsp3) is 0.250. The van der Waals surface area contributed by atoms with Gasteiger partial charge in [0.15, 0.2) is 5.69 Å². The van der Waals surface area contributed by atoms with Crippen molar-refractivity contribution in [3.8, 4) is 0 Å². The highest BCUT2D eigenvalue weighted by Crippen LogP contribution is 2.33. The molecule has 1 fully saturated rings. The summed E-state index contributed by atoms with van der Waals surface area (Å²) >= 11 is 6.27. The Morgan fingerprint density at radius 1 is 1.27 bits per heavy atom. The van der Waals surface area contributed by atoms with Crippen LogP contribution in [-0.2, 0) is 0 Å². The summed E-state index contributed by atoms with van der Waals surface area (Å²) in [6.07, 6.45) is 2.58. The van der Waals surface area contributed by atoms with Gasteiger partial charge in [-0.2, -0.15) is 0 Å². The summed E-state index contributed by atoms with van der Waals surface area (Å²) in [5, 5.41) is 6.36. The summed E-state index contributed by atoms with van der Waals surface area (Å²) in [6, 6.07) is 6.16. The van der Waals surface area contributed by atoms with Crippen molar-refractivity contribution >= 4 is 51.4 Å². The topological polar surface area (TPSA) is 77.4 Å². The number of rotatable bonds is 3. The Kier molecular flexibility index (Phi) is 5.18. The number of carbonyl (C=O) groups excluding carboxylic acids is 1. The number of aromatic amines is 1. The largest absolute Gasteiger partial charge is 0.359 e. The highest BCUT2D eigenvalue weighted by Gasteiger charge is 2.34. The molecule has 0 atom stereocenters. The predicted molar refractivity (Wildman–Crippen MR) is 113 cm³/mol. The van der Waals surface area contributed by atoms with E-state index in [9.17, 15) is 13.6 Å². The van der Waals surface area contributed by atoms with Crippen LogP contribution in [0.3, 0.4) is 0 Å². The van der Waals surface area contributed by atoms with Gasteiger partial charge in [-0.25, -0.2) is 23.4 Å². The van der Waals surface area contributed by atoms with Crippen molar-refractivity contribution in [2.45, 2.75) is 18.8 Å². The van der Waals surface area contributed by atoms with E-state index in [2.05, 4.69) is 25.4 Å². The zero-order valence-corrected chi connectivity index (χ0v) is 16.4. The third-order valence-electron chi connectivity index (χ3n) is 4.92. The monoisotopic (exact) mass is 430 g/mol. The Hall–Kier alpha value is -3.38. The van der Waals surface area contributed by atoms with E-state index in [1.54, 1.807) is 29.3 Å². The van der Waals surface area contributed by atoms with E-state index >= 15 is 0 Å². The quantitative estimate of drug-likeness (QED) is 0.470. The Balaban J connectivity index is 1.44. The third kappa shape index (κ3) is 4.14. The Labute approximate surface area is 175 Å². The first-order valence-corrected chi connectivity index (χ1v) is 9.57. The third-order valence-corrected chi connectivity index (χ3v) is 5.19. The maximum absolute atomic E-state index is 13.3. The summed E-state index contributed by atoms with van der Waals surface area (Å²) < 4.78 is 26.7. The van der Waals surface area contributed by atoms with Crippen LogP contribution in [0.4, 0.5) is 36.5 Å². The van der Waals surface area contributed by atoms with E-state index in [1.165, 1.54) is 12.3 Å². The van der Waals surface area contributed by atoms with Crippen molar-refractivity contribution in [1.82, 2.24) is 9.97 Å². The molecule has 1 saturated heterocycles. The number of alkyl halides is 2. The Morgan fingerprint density at radius 2 is 2.03 bits per heavy atom. The van der Waals surface area contributed by atoms with Gasteiger partial charge in [0.05, 0.1) is 29.2 Å². The number of fused-ring (bicyclic) bond motifs is 1. The number of H-pyrrole nitrogens is 1. The summed E-state index contributed by atoms with van der Waals surface area (Å²) in [5.74, 6) is -2.23. The minimum atomic E-state index is -2.65. The first-order chi connectivity index (χ1) is 14.3. The fourth-order valence-corrected chi connectivity index (χ4v) is 3.63. The van der Waals surface area contributed by atoms with E-state index < -0.39 is 12.0 Å². The van der Waals surface area contributed by atoms with Gasteiger partial charge < -0.3 is 20.5 Å². The van der Waals surface area contributed by atoms with Crippen LogP contribution in [0.2, 0.25) is 5.02 Å². The molecule has 0 spiro atoms. The fourth-order valence-electron chi connectivity index (χ4n) is 3.34. The van der Waals surface area contributed by atoms with Crippen LogP contribution in [-0.4, -0.2) is 35.0 Å². The molecule has 3 heterocycles. The van der Waals surface area contributed by atoms with Gasteiger partial charge in [-0.05, 0) is 18.2 Å². The van der Waals surface area contributed by atoms with Crippen LogP contribution in [0.1, 0.15) is 12.8 Å². The molecule has 154 valence electrons. The van der Waals surface area contributed by atoms with Crippen LogP contribution in [0.15, 0.2) is 36.7 Å². The van der Waals surface area contributed by atoms with E-state index in [0.717, 1.165) is 5.52 Å². The van der Waals surface area contributed by atoms with Gasteiger partial charge in [-0.15, -0.1) is 0 Å². The van der Waals surface area contributed by atoms with Crippen molar-refractivity contribution in [2.75, 3.05) is 28.6 Å². The number of piperidine rings is 1. The average molecular weight is 431 g/mol. The lowest BCUT2D eigenvalue weighted by molar-refractivity contribution is -0.0221. The number of hydrogen-bond acceptors (Lipinski definition) is 3. The minimum Gasteiger partial charge on any atom is -0.359 e. The van der Waals surface area contributed by atoms with Gasteiger partial charge in [0.2, 0.25) is 0 Å². The SMILES string of the molecule is [C-]#[N+]c1ccc2[nH]cc(NC(=O)Nc3cnc(N4CCC(F)(F)CC4)c(Cl)c3)c2c1. The van der Waals surface area contributed by atoms with Crippen LogP contribution in [0.5, 0.6) is 0 Å². The number of nitrogens with zero attached hydrogens (tertiary/aromatic N) is 3. The summed E-state index contributed by atoms with van der Waals surface area (Å²) in [5.41, 5.74) is 2.15. The van der Waals surface area contributed by atoms with Gasteiger partial charge in [0.1, 0.15) is 5.82 Å². The highest BCUT2D eigenvalue weighted by molar-refractivity contribution is 6.33. The molecule has 0 saturated carbocycles. The first-order valence-electron chi connectivity index (χ1n) is 9.19. The number of halogens is 3. The van der Waals surface area contributed by atoms with Crippen molar-refractivity contribution in [3.63, 3.8) is 0 Å². The summed E-state index contributed by atoms with van der Waals surface area (Å²) in [4.78, 5) is 24.8. The van der Waals surface area contributed by atoms with E-state index in [0.29, 0.717) is 28.3 Å². The molecular formula is C20H17ClF2N6O. The van der Waals surface area contributed by atoms with Crippen LogP contribution in [0, 0.1) is 6.57 Å². The molecule has 7 nitrogen and oxygen atoms in total. The summed E-state index contributed by atoms with van der Waals surface area (Å²) in [7, 11) is 0. The van der Waals surface area contributed by atoms with Crippen molar-refractivity contribution in [2.24, 2.45) is 0 Å². The molecule has 4 rings (SSSR count). The van der Waals surface area contributed by atoms with Gasteiger partial charge in [0.25, 0.3) is 5.92 Å². The number of hydrogen-bond donors (Lipinski definition) is 3. The average Bonchev–Trinajstić information content (AvgIpc) is 3.10. The number of pyridine rings is 1. The van der Waals surface area contributed by atoms with Gasteiger partial charge in [0, 0.05) is 43.0 Å². The molecule has 0 bridgehead atoms. The molecule has 30 heavy (non-hydrogen) atoms. The lowest BCUT2D eigenvalue weighted by atomic mass is 10.1. The molecule has 0 aliphatic carbocycles. The lowest BCUT2D eigenvalue weighted by Crippen LogP contribution is -2.39. The number of amides is 2. The Morgan fingerprint density at radius 3 is 2.73 bits per heavy atom. The normalized spacial score (nSPS) is 15.6. The zero-order chi connectivity index (χ0) is 21.3. The lowest BCUT2D eigenvalue weighted by Gasteiger charge is -2.33. The maximum atomic E-state index is 13.3. The smallest absolute Gasteiger partial charge is 0.323 e. The zero-order valence-electron chi connectivity index (χ0n) is 15.7. The van der Waals surface area contributed by atoms with Crippen LogP contribution in [0.25, 0.3) is 15.7 Å². The maximum Gasteiger partial charge on any atom is 0.323 e. The van der Waals surface area contributed by atoms with Gasteiger partial charge in [-0.1, -0.05) is 17.7 Å². The number of anilines is 3. The molecule has 2 amide bonds. The number of urea groups is 1. The second-order valence-corrected chi connectivity index (χ2v) is 7.40. The number of carbonyl (C=O) groups is 1. The standard InChI is InChI=1S/C20H17ClF2N6O/c1-24-12-2-3-16-14(8-12)17(11-25-16)28-19(30)27-13-9-15(21)18(26-10-13)29-6-4-20(22,23)5-7-29/h2-3,8-11,25H,4-7H2,(H2,27,28,30). The molecule has 1 aliphatic rings. The van der Waals surface area contributed by atoms with Crippen LogP contribution < -0.4 is 15.5 Å². The molecular weight excluding hydrogens is 414 g/mol. The van der Waals surface area contributed by atoms with Gasteiger partial charge >= 0.3 is 6.03 Å². The number of benzene rings is 1. The second-order valence-electron chi connectivity index (χ2n) is 7.00. The van der Waals surface area contributed by atoms with E-state index in [1.807, 2.05) is 0 Å². The highest BCUT2D eigenvalue weighted by atomic mass is 35.5. The minimum absolute atomic E-state index is 0.167. The van der Waals surface area contributed by atoms with E-state index in [-0.39, 0.29) is 31.0 Å². The number of nitrogens with one attached hydrogen (secondary N) is 3. The molecule has 1 aliphatic heterocycles. The van der Waals surface area contributed by atoms with Crippen molar-refractivity contribution in [1.29, 1.82) is 0 Å². The van der Waals surface area contributed by atoms with Gasteiger partial charge in [-0.3, -0.25) is 0 Å². The molecule has 10 heteroatoms. The number of aromatic nitrogens is 2. The molecule has 1 aromatic carbocycles. The second kappa shape index (κ2) is 7.80.